The predicted octanol–water partition coefficient (Wildman–Crippen LogP) is 5.14. The van der Waals surface area contributed by atoms with Crippen LogP contribution < -0.4 is 19.7 Å². The molecule has 2 aromatic rings. The van der Waals surface area contributed by atoms with Crippen LogP contribution in [0.1, 0.15) is 12.5 Å². The van der Waals surface area contributed by atoms with E-state index in [2.05, 4.69) is 20.0 Å². The summed E-state index contributed by atoms with van der Waals surface area (Å²) in [5.74, 6) is -5.31. The van der Waals surface area contributed by atoms with Gasteiger partial charge in [-0.05, 0) is 24.3 Å². The van der Waals surface area contributed by atoms with Crippen LogP contribution in [0.15, 0.2) is 30.3 Å². The number of carbonyl (C=O) groups is 1. The average Bonchev–Trinajstić information content (AvgIpc) is 2.68. The van der Waals surface area contributed by atoms with Crippen LogP contribution in [0.5, 0.6) is 11.8 Å². The molecule has 0 aliphatic rings. The molecule has 33 heavy (non-hydrogen) atoms. The Morgan fingerprint density at radius 1 is 0.939 bits per heavy atom. The summed E-state index contributed by atoms with van der Waals surface area (Å²) in [7, 11) is 1.18. The smallest absolute Gasteiger partial charge is 0.422 e. The van der Waals surface area contributed by atoms with E-state index in [0.29, 0.717) is 13.0 Å². The number of rotatable bonds is 7. The topological polar surface area (TPSA) is 76.6 Å². The third-order valence-corrected chi connectivity index (χ3v) is 3.64. The van der Waals surface area contributed by atoms with Crippen molar-refractivity contribution < 1.29 is 49.4 Å². The lowest BCUT2D eigenvalue weighted by atomic mass is 10.2. The Hall–Kier alpha value is -3.39. The van der Waals surface area contributed by atoms with E-state index in [1.165, 1.54) is 7.05 Å². The molecule has 0 saturated heterocycles. The standard InChI is InChI=1S/C18H16F8N4O3/c1-16(19,20)8-32-12-7-13(33-9-17(21,22)23)28-14(27-12)29-15(31)30(2)11-5-3-10(4-6-11)18(24,25)26/h3-7H,8-9H2,1-2H3,(H,27,28,29,31). The van der Waals surface area contributed by atoms with E-state index in [4.69, 9.17) is 4.74 Å². The molecule has 7 nitrogen and oxygen atoms in total. The largest absolute Gasteiger partial charge is 0.471 e. The zero-order valence-electron chi connectivity index (χ0n) is 16.9. The molecule has 0 unspecified atom stereocenters. The first kappa shape index (κ1) is 25.9. The predicted molar refractivity (Wildman–Crippen MR) is 98.6 cm³/mol. The molecule has 2 rings (SSSR count). The van der Waals surface area contributed by atoms with Gasteiger partial charge in [0.15, 0.2) is 13.2 Å². The fraction of sp³-hybridized carbons (Fsp3) is 0.389. The summed E-state index contributed by atoms with van der Waals surface area (Å²) in [5, 5.41) is 2.07. The Morgan fingerprint density at radius 3 is 1.91 bits per heavy atom. The number of nitrogens with one attached hydrogen (secondary N) is 1. The Labute approximate surface area is 181 Å². The maximum Gasteiger partial charge on any atom is 0.422 e. The number of halogens is 8. The van der Waals surface area contributed by atoms with Gasteiger partial charge in [-0.15, -0.1) is 0 Å². The van der Waals surface area contributed by atoms with Crippen LogP contribution in [0, 0.1) is 0 Å². The Balaban J connectivity index is 2.21. The molecule has 15 heteroatoms. The number of nitrogens with zero attached hydrogens (tertiary/aromatic N) is 3. The fourth-order valence-corrected chi connectivity index (χ4v) is 2.13. The monoisotopic (exact) mass is 488 g/mol. The van der Waals surface area contributed by atoms with Crippen molar-refractivity contribution in [3.05, 3.63) is 35.9 Å². The SMILES string of the molecule is CN(C(=O)Nc1nc(OCC(C)(F)F)cc(OCC(F)(F)F)n1)c1ccc(C(F)(F)F)cc1. The molecule has 0 spiro atoms. The van der Waals surface area contributed by atoms with Crippen molar-refractivity contribution in [2.75, 3.05) is 30.5 Å². The number of alkyl halides is 8. The lowest BCUT2D eigenvalue weighted by molar-refractivity contribution is -0.154. The Morgan fingerprint density at radius 2 is 1.45 bits per heavy atom. The van der Waals surface area contributed by atoms with Gasteiger partial charge < -0.3 is 9.47 Å². The van der Waals surface area contributed by atoms with E-state index in [0.717, 1.165) is 29.2 Å². The molecule has 0 bridgehead atoms. The number of amides is 2. The van der Waals surface area contributed by atoms with Gasteiger partial charge in [-0.25, -0.2) is 13.6 Å². The Bertz CT molecular complexity index is 923. The van der Waals surface area contributed by atoms with E-state index in [1.54, 1.807) is 0 Å². The number of aromatic nitrogens is 2. The van der Waals surface area contributed by atoms with Crippen molar-refractivity contribution in [1.29, 1.82) is 0 Å². The van der Waals surface area contributed by atoms with Crippen molar-refractivity contribution in [1.82, 2.24) is 9.97 Å². The zero-order chi connectivity index (χ0) is 25.0. The zero-order valence-corrected chi connectivity index (χ0v) is 16.9. The second kappa shape index (κ2) is 9.62. The van der Waals surface area contributed by atoms with Crippen LogP contribution in [0.25, 0.3) is 0 Å². The number of benzene rings is 1. The van der Waals surface area contributed by atoms with Gasteiger partial charge in [-0.1, -0.05) is 0 Å². The number of hydrogen-bond donors (Lipinski definition) is 1. The van der Waals surface area contributed by atoms with Gasteiger partial charge in [-0.2, -0.15) is 36.3 Å². The molecule has 0 saturated carbocycles. The minimum atomic E-state index is -4.74. The molecule has 2 amide bonds. The molecule has 1 aromatic carbocycles. The molecule has 1 N–H and O–H groups in total. The normalized spacial score (nSPS) is 12.3. The third kappa shape index (κ3) is 8.57. The third-order valence-electron chi connectivity index (χ3n) is 3.64. The van der Waals surface area contributed by atoms with Gasteiger partial charge in [-0.3, -0.25) is 10.2 Å². The van der Waals surface area contributed by atoms with Crippen molar-refractivity contribution >= 4 is 17.7 Å². The highest BCUT2D eigenvalue weighted by atomic mass is 19.4. The van der Waals surface area contributed by atoms with Gasteiger partial charge >= 0.3 is 18.4 Å². The van der Waals surface area contributed by atoms with E-state index in [1.807, 2.05) is 0 Å². The van der Waals surface area contributed by atoms with Crippen molar-refractivity contribution in [3.8, 4) is 11.8 Å². The lowest BCUT2D eigenvalue weighted by Crippen LogP contribution is -2.32. The molecule has 0 aliphatic heterocycles. The van der Waals surface area contributed by atoms with Crippen LogP contribution in [-0.4, -0.2) is 48.4 Å². The maximum absolute atomic E-state index is 13.0. The molecule has 182 valence electrons. The first-order valence-corrected chi connectivity index (χ1v) is 8.85. The number of anilines is 2. The Kier molecular flexibility index (Phi) is 7.54. The van der Waals surface area contributed by atoms with Crippen LogP contribution >= 0.6 is 0 Å². The molecule has 1 aromatic heterocycles. The van der Waals surface area contributed by atoms with Gasteiger partial charge in [0, 0.05) is 19.7 Å². The van der Waals surface area contributed by atoms with Crippen LogP contribution in [0.4, 0.5) is 51.6 Å². The quantitative estimate of drug-likeness (QED) is 0.547. The van der Waals surface area contributed by atoms with Gasteiger partial charge in [0.2, 0.25) is 17.7 Å². The van der Waals surface area contributed by atoms with E-state index >= 15 is 0 Å². The highest BCUT2D eigenvalue weighted by Crippen LogP contribution is 2.30. The first-order chi connectivity index (χ1) is 15.0. The highest BCUT2D eigenvalue weighted by molar-refractivity contribution is 6.00. The second-order valence-electron chi connectivity index (χ2n) is 6.66. The molecule has 0 atom stereocenters. The molecular formula is C18H16F8N4O3. The van der Waals surface area contributed by atoms with Gasteiger partial charge in [0.1, 0.15) is 0 Å². The number of ether oxygens (including phenoxy) is 2. The van der Waals surface area contributed by atoms with Crippen LogP contribution in [-0.2, 0) is 6.18 Å². The summed E-state index contributed by atoms with van der Waals surface area (Å²) in [5.41, 5.74) is -0.931. The molecular weight excluding hydrogens is 472 g/mol. The molecule has 1 heterocycles. The molecule has 0 radical (unpaired) electrons. The number of urea groups is 1. The summed E-state index contributed by atoms with van der Waals surface area (Å²) in [6, 6.07) is 3.19. The number of carbonyl (C=O) groups excluding carboxylic acids is 1. The van der Waals surface area contributed by atoms with Gasteiger partial charge in [0.05, 0.1) is 11.6 Å². The van der Waals surface area contributed by atoms with E-state index < -0.39 is 60.8 Å². The second-order valence-corrected chi connectivity index (χ2v) is 6.66. The average molecular weight is 488 g/mol. The minimum Gasteiger partial charge on any atom is -0.471 e. The lowest BCUT2D eigenvalue weighted by Gasteiger charge is -2.19. The molecule has 0 aliphatic carbocycles. The van der Waals surface area contributed by atoms with Crippen molar-refractivity contribution in [3.63, 3.8) is 0 Å². The van der Waals surface area contributed by atoms with Gasteiger partial charge in [0.25, 0.3) is 5.92 Å². The summed E-state index contributed by atoms with van der Waals surface area (Å²) in [6.07, 6.45) is -9.33. The summed E-state index contributed by atoms with van der Waals surface area (Å²) in [4.78, 5) is 20.4. The maximum atomic E-state index is 13.0. The summed E-state index contributed by atoms with van der Waals surface area (Å²) >= 11 is 0. The van der Waals surface area contributed by atoms with Crippen molar-refractivity contribution in [2.45, 2.75) is 25.2 Å². The van der Waals surface area contributed by atoms with Crippen LogP contribution in [0.2, 0.25) is 0 Å². The van der Waals surface area contributed by atoms with E-state index in [-0.39, 0.29) is 5.69 Å². The fourth-order valence-electron chi connectivity index (χ4n) is 2.13. The van der Waals surface area contributed by atoms with E-state index in [9.17, 15) is 39.9 Å². The number of hydrogen-bond acceptors (Lipinski definition) is 5. The summed E-state index contributed by atoms with van der Waals surface area (Å²) in [6.45, 7) is -2.43. The van der Waals surface area contributed by atoms with Crippen LogP contribution in [0.3, 0.4) is 0 Å². The molecule has 0 fully saturated rings. The minimum absolute atomic E-state index is 0.0204. The summed E-state index contributed by atoms with van der Waals surface area (Å²) < 4.78 is 110. The highest BCUT2D eigenvalue weighted by Gasteiger charge is 2.31. The first-order valence-electron chi connectivity index (χ1n) is 8.85. The van der Waals surface area contributed by atoms with Crippen molar-refractivity contribution in [2.24, 2.45) is 0 Å².